The monoisotopic (exact) mass is 377 g/mol. The normalized spacial score (nSPS) is 16.8. The molecule has 0 unspecified atom stereocenters. The first kappa shape index (κ1) is 18.5. The van der Waals surface area contributed by atoms with E-state index in [2.05, 4.69) is 18.3 Å². The summed E-state index contributed by atoms with van der Waals surface area (Å²) < 4.78 is 0. The van der Waals surface area contributed by atoms with Crippen molar-refractivity contribution in [2.45, 2.75) is 26.2 Å². The van der Waals surface area contributed by atoms with Crippen LogP contribution in [-0.2, 0) is 11.2 Å². The highest BCUT2D eigenvalue weighted by atomic mass is 16.2. The number of hydrogen-bond acceptors (Lipinski definition) is 3. The number of piperidine rings is 1. The lowest BCUT2D eigenvalue weighted by Crippen LogP contribution is -2.37. The number of para-hydroxylation sites is 1. The molecular formula is C23H27N3O2. The number of hydrogen-bond donors (Lipinski definition) is 1. The molecule has 4 rings (SSSR count). The third kappa shape index (κ3) is 3.88. The highest BCUT2D eigenvalue weighted by molar-refractivity contribution is 5.98. The molecule has 2 amide bonds. The fourth-order valence-corrected chi connectivity index (χ4v) is 4.00. The summed E-state index contributed by atoms with van der Waals surface area (Å²) in [6.07, 6.45) is 3.06. The van der Waals surface area contributed by atoms with Crippen molar-refractivity contribution in [2.24, 2.45) is 5.92 Å². The van der Waals surface area contributed by atoms with Gasteiger partial charge in [-0.1, -0.05) is 25.1 Å². The van der Waals surface area contributed by atoms with Crippen LogP contribution in [0, 0.1) is 5.92 Å². The Labute approximate surface area is 166 Å². The zero-order chi connectivity index (χ0) is 19.5. The molecule has 146 valence electrons. The summed E-state index contributed by atoms with van der Waals surface area (Å²) in [6.45, 7) is 4.90. The molecule has 0 spiro atoms. The number of nitrogens with zero attached hydrogens (tertiary/aromatic N) is 2. The fraction of sp³-hybridized carbons (Fsp3) is 0.391. The van der Waals surface area contributed by atoms with E-state index in [1.807, 2.05) is 52.3 Å². The smallest absolute Gasteiger partial charge is 0.253 e. The van der Waals surface area contributed by atoms with E-state index in [0.29, 0.717) is 11.5 Å². The number of nitrogens with one attached hydrogen (secondary N) is 1. The van der Waals surface area contributed by atoms with E-state index in [-0.39, 0.29) is 18.4 Å². The quantitative estimate of drug-likeness (QED) is 0.886. The van der Waals surface area contributed by atoms with E-state index in [0.717, 1.165) is 50.3 Å². The van der Waals surface area contributed by atoms with Crippen molar-refractivity contribution in [2.75, 3.05) is 36.4 Å². The minimum Gasteiger partial charge on any atom is -0.376 e. The Kier molecular flexibility index (Phi) is 5.33. The maximum atomic E-state index is 12.6. The second-order valence-corrected chi connectivity index (χ2v) is 7.83. The number of amides is 2. The van der Waals surface area contributed by atoms with Gasteiger partial charge in [0.2, 0.25) is 5.91 Å². The molecule has 2 aliphatic heterocycles. The van der Waals surface area contributed by atoms with Crippen LogP contribution < -0.4 is 10.2 Å². The number of rotatable bonds is 4. The third-order valence-electron chi connectivity index (χ3n) is 5.83. The molecule has 0 saturated carbocycles. The van der Waals surface area contributed by atoms with Gasteiger partial charge in [0.15, 0.2) is 0 Å². The number of likely N-dealkylation sites (tertiary alicyclic amines) is 1. The van der Waals surface area contributed by atoms with Crippen molar-refractivity contribution < 1.29 is 9.59 Å². The summed E-state index contributed by atoms with van der Waals surface area (Å²) in [5.74, 6) is 0.867. The Morgan fingerprint density at radius 1 is 1.00 bits per heavy atom. The predicted octanol–water partition coefficient (Wildman–Crippen LogP) is 3.56. The molecule has 2 aromatic rings. The summed E-state index contributed by atoms with van der Waals surface area (Å²) in [4.78, 5) is 29.0. The zero-order valence-electron chi connectivity index (χ0n) is 16.4. The summed E-state index contributed by atoms with van der Waals surface area (Å²) >= 11 is 0. The average molecular weight is 377 g/mol. The lowest BCUT2D eigenvalue weighted by Gasteiger charge is -2.30. The number of benzene rings is 2. The fourth-order valence-electron chi connectivity index (χ4n) is 4.00. The summed E-state index contributed by atoms with van der Waals surface area (Å²) in [6, 6.07) is 15.5. The largest absolute Gasteiger partial charge is 0.376 e. The topological polar surface area (TPSA) is 52.7 Å². The van der Waals surface area contributed by atoms with Gasteiger partial charge in [-0.05, 0) is 61.1 Å². The lowest BCUT2D eigenvalue weighted by atomic mass is 9.98. The minimum atomic E-state index is 0.0625. The number of fused-ring (bicyclic) bond motifs is 1. The molecule has 28 heavy (non-hydrogen) atoms. The van der Waals surface area contributed by atoms with Crippen molar-refractivity contribution in [3.05, 3.63) is 59.7 Å². The molecule has 1 saturated heterocycles. The van der Waals surface area contributed by atoms with Crippen LogP contribution in [-0.4, -0.2) is 42.9 Å². The van der Waals surface area contributed by atoms with Gasteiger partial charge in [-0.3, -0.25) is 9.59 Å². The van der Waals surface area contributed by atoms with Gasteiger partial charge in [0, 0.05) is 36.6 Å². The number of carbonyl (C=O) groups excluding carboxylic acids is 2. The Bertz CT molecular complexity index is 854. The van der Waals surface area contributed by atoms with Gasteiger partial charge in [-0.25, -0.2) is 0 Å². The molecule has 2 aliphatic rings. The maximum absolute atomic E-state index is 12.6. The van der Waals surface area contributed by atoms with E-state index in [1.165, 1.54) is 5.56 Å². The molecule has 0 radical (unpaired) electrons. The van der Waals surface area contributed by atoms with Crippen LogP contribution in [0.4, 0.5) is 11.4 Å². The molecular weight excluding hydrogens is 350 g/mol. The van der Waals surface area contributed by atoms with Crippen molar-refractivity contribution in [3.8, 4) is 0 Å². The zero-order valence-corrected chi connectivity index (χ0v) is 16.4. The van der Waals surface area contributed by atoms with Gasteiger partial charge in [-0.15, -0.1) is 0 Å². The maximum Gasteiger partial charge on any atom is 0.253 e. The van der Waals surface area contributed by atoms with Crippen molar-refractivity contribution in [3.63, 3.8) is 0 Å². The van der Waals surface area contributed by atoms with Crippen LogP contribution >= 0.6 is 0 Å². The van der Waals surface area contributed by atoms with Crippen LogP contribution in [0.5, 0.6) is 0 Å². The van der Waals surface area contributed by atoms with Crippen LogP contribution in [0.1, 0.15) is 35.7 Å². The van der Waals surface area contributed by atoms with Gasteiger partial charge in [0.1, 0.15) is 0 Å². The molecule has 0 bridgehead atoms. The van der Waals surface area contributed by atoms with Crippen LogP contribution in [0.25, 0.3) is 0 Å². The molecule has 0 atom stereocenters. The van der Waals surface area contributed by atoms with Crippen molar-refractivity contribution >= 4 is 23.2 Å². The van der Waals surface area contributed by atoms with Crippen LogP contribution in [0.3, 0.4) is 0 Å². The lowest BCUT2D eigenvalue weighted by molar-refractivity contribution is -0.116. The minimum absolute atomic E-state index is 0.0625. The molecule has 2 aromatic carbocycles. The van der Waals surface area contributed by atoms with E-state index in [1.54, 1.807) is 0 Å². The highest BCUT2D eigenvalue weighted by Gasteiger charge is 2.24. The summed E-state index contributed by atoms with van der Waals surface area (Å²) in [5, 5.41) is 3.19. The van der Waals surface area contributed by atoms with E-state index < -0.39 is 0 Å². The highest BCUT2D eigenvalue weighted by Crippen LogP contribution is 2.27. The van der Waals surface area contributed by atoms with Gasteiger partial charge in [-0.2, -0.15) is 0 Å². The molecule has 1 fully saturated rings. The van der Waals surface area contributed by atoms with Gasteiger partial charge in [0.25, 0.3) is 5.91 Å². The van der Waals surface area contributed by atoms with Crippen LogP contribution in [0.15, 0.2) is 48.5 Å². The second kappa shape index (κ2) is 8.05. The number of anilines is 2. The van der Waals surface area contributed by atoms with Gasteiger partial charge in [0.05, 0.1) is 6.54 Å². The summed E-state index contributed by atoms with van der Waals surface area (Å²) in [7, 11) is 0. The SMILES string of the molecule is CC1CCN(C(=O)c2ccc(NCC(=O)N3CCc4ccccc43)cc2)CC1. The van der Waals surface area contributed by atoms with E-state index in [9.17, 15) is 9.59 Å². The molecule has 0 aromatic heterocycles. The Morgan fingerprint density at radius 2 is 1.71 bits per heavy atom. The average Bonchev–Trinajstić information content (AvgIpc) is 3.17. The molecule has 1 N–H and O–H groups in total. The predicted molar refractivity (Wildman–Crippen MR) is 112 cm³/mol. The first-order valence-electron chi connectivity index (χ1n) is 10.1. The van der Waals surface area contributed by atoms with E-state index in [4.69, 9.17) is 0 Å². The molecule has 0 aliphatic carbocycles. The van der Waals surface area contributed by atoms with Crippen LogP contribution in [0.2, 0.25) is 0 Å². The van der Waals surface area contributed by atoms with Gasteiger partial charge < -0.3 is 15.1 Å². The standard InChI is InChI=1S/C23H27N3O2/c1-17-10-13-25(14-11-17)23(28)19-6-8-20(9-7-19)24-16-22(27)26-15-12-18-4-2-3-5-21(18)26/h2-9,17,24H,10-16H2,1H3. The van der Waals surface area contributed by atoms with E-state index >= 15 is 0 Å². The molecule has 5 heteroatoms. The first-order chi connectivity index (χ1) is 13.6. The Balaban J connectivity index is 1.32. The second-order valence-electron chi connectivity index (χ2n) is 7.83. The third-order valence-corrected chi connectivity index (χ3v) is 5.83. The van der Waals surface area contributed by atoms with Gasteiger partial charge >= 0.3 is 0 Å². The van der Waals surface area contributed by atoms with Crippen molar-refractivity contribution in [1.82, 2.24) is 4.90 Å². The van der Waals surface area contributed by atoms with Crippen molar-refractivity contribution in [1.29, 1.82) is 0 Å². The molecule has 2 heterocycles. The summed E-state index contributed by atoms with van der Waals surface area (Å²) in [5.41, 5.74) is 3.81. The number of carbonyl (C=O) groups is 2. The Hall–Kier alpha value is -2.82. The first-order valence-corrected chi connectivity index (χ1v) is 10.1. The molecule has 5 nitrogen and oxygen atoms in total. The Morgan fingerprint density at radius 3 is 2.46 bits per heavy atom.